The van der Waals surface area contributed by atoms with Crippen LogP contribution in [0.4, 0.5) is 5.69 Å². The highest BCUT2D eigenvalue weighted by Gasteiger charge is 2.37. The van der Waals surface area contributed by atoms with Gasteiger partial charge in [0, 0.05) is 18.7 Å². The molecule has 3 rings (SSSR count). The maximum absolute atomic E-state index is 12.4. The maximum Gasteiger partial charge on any atom is 0.267 e. The van der Waals surface area contributed by atoms with Gasteiger partial charge in [0.1, 0.15) is 0 Å². The lowest BCUT2D eigenvalue weighted by atomic mass is 10.1. The molecule has 1 aromatic heterocycles. The van der Waals surface area contributed by atoms with Crippen LogP contribution in [0.15, 0.2) is 36.7 Å². The molecule has 7 heteroatoms. The summed E-state index contributed by atoms with van der Waals surface area (Å²) >= 11 is 0. The molecule has 0 unspecified atom stereocenters. The van der Waals surface area contributed by atoms with Crippen molar-refractivity contribution in [1.29, 1.82) is 0 Å². The number of fused-ring (bicyclic) bond motifs is 1. The van der Waals surface area contributed by atoms with Crippen molar-refractivity contribution in [2.24, 2.45) is 0 Å². The summed E-state index contributed by atoms with van der Waals surface area (Å²) in [4.78, 5) is 39.9. The zero-order chi connectivity index (χ0) is 17.3. The lowest BCUT2D eigenvalue weighted by Crippen LogP contribution is -2.31. The van der Waals surface area contributed by atoms with Gasteiger partial charge in [0.2, 0.25) is 0 Å². The number of carbonyl (C=O) groups excluding carboxylic acids is 3. The van der Waals surface area contributed by atoms with E-state index in [0.717, 1.165) is 4.90 Å². The Morgan fingerprint density at radius 2 is 1.46 bits per heavy atom. The van der Waals surface area contributed by atoms with E-state index in [4.69, 9.17) is 0 Å². The minimum atomic E-state index is -0.437. The average molecular weight is 324 g/mol. The van der Waals surface area contributed by atoms with Crippen LogP contribution in [-0.2, 0) is 0 Å². The van der Waals surface area contributed by atoms with E-state index in [9.17, 15) is 14.4 Å². The molecule has 1 aliphatic heterocycles. The van der Waals surface area contributed by atoms with Gasteiger partial charge in [-0.15, -0.1) is 0 Å². The number of anilines is 1. The molecule has 0 N–H and O–H groups in total. The molecule has 0 radical (unpaired) electrons. The molecule has 0 spiro atoms. The highest BCUT2D eigenvalue weighted by molar-refractivity contribution is 6.34. The second-order valence-electron chi connectivity index (χ2n) is 5.29. The molecular weight excluding hydrogens is 308 g/mol. The number of aromatic nitrogens is 2. The highest BCUT2D eigenvalue weighted by atomic mass is 16.2. The Labute approximate surface area is 138 Å². The summed E-state index contributed by atoms with van der Waals surface area (Å²) in [5.74, 6) is -0.956. The van der Waals surface area contributed by atoms with E-state index in [-0.39, 0.29) is 17.0 Å². The van der Waals surface area contributed by atoms with Gasteiger partial charge in [-0.05, 0) is 38.1 Å². The van der Waals surface area contributed by atoms with Crippen molar-refractivity contribution in [2.75, 3.05) is 18.0 Å². The van der Waals surface area contributed by atoms with E-state index < -0.39 is 11.8 Å². The molecule has 24 heavy (non-hydrogen) atoms. The summed E-state index contributed by atoms with van der Waals surface area (Å²) < 4.78 is 0. The average Bonchev–Trinajstić information content (AvgIpc) is 2.87. The minimum Gasteiger partial charge on any atom is -0.339 e. The first-order valence-corrected chi connectivity index (χ1v) is 7.67. The summed E-state index contributed by atoms with van der Waals surface area (Å²) in [6, 6.07) is 6.44. The molecule has 0 atom stereocenters. The van der Waals surface area contributed by atoms with Gasteiger partial charge in [0.05, 0.1) is 29.2 Å². The van der Waals surface area contributed by atoms with Crippen LogP contribution in [0.25, 0.3) is 0 Å². The van der Waals surface area contributed by atoms with Crippen LogP contribution in [0.5, 0.6) is 0 Å². The van der Waals surface area contributed by atoms with Crippen molar-refractivity contribution in [2.45, 2.75) is 13.8 Å². The number of nitrogens with zero attached hydrogens (tertiary/aromatic N) is 4. The third kappa shape index (κ3) is 2.44. The molecule has 0 fully saturated rings. The van der Waals surface area contributed by atoms with E-state index in [1.807, 2.05) is 13.8 Å². The number of carbonyl (C=O) groups is 3. The molecule has 1 aromatic carbocycles. The largest absolute Gasteiger partial charge is 0.339 e. The molecule has 2 aromatic rings. The van der Waals surface area contributed by atoms with Crippen LogP contribution in [-0.4, -0.2) is 45.9 Å². The van der Waals surface area contributed by atoms with Crippen molar-refractivity contribution >= 4 is 23.4 Å². The van der Waals surface area contributed by atoms with Gasteiger partial charge >= 0.3 is 0 Å². The molecule has 0 bridgehead atoms. The normalized spacial score (nSPS) is 13.2. The SMILES string of the molecule is CCN(CC)C(=O)c1ccc(N2C(=O)c3cnncc3C2=O)cc1. The molecule has 1 aliphatic rings. The molecule has 7 nitrogen and oxygen atoms in total. The number of rotatable bonds is 4. The third-order valence-corrected chi connectivity index (χ3v) is 4.02. The Kier molecular flexibility index (Phi) is 4.07. The quantitative estimate of drug-likeness (QED) is 0.800. The van der Waals surface area contributed by atoms with Gasteiger partial charge in [0.25, 0.3) is 17.7 Å². The topological polar surface area (TPSA) is 83.5 Å². The predicted molar refractivity (Wildman–Crippen MR) is 86.9 cm³/mol. The molecule has 122 valence electrons. The lowest BCUT2D eigenvalue weighted by Gasteiger charge is -2.19. The fourth-order valence-corrected chi connectivity index (χ4v) is 2.68. The Hall–Kier alpha value is -3.09. The minimum absolute atomic E-state index is 0.0812. The summed E-state index contributed by atoms with van der Waals surface area (Å²) in [7, 11) is 0. The first kappa shape index (κ1) is 15.8. The zero-order valence-corrected chi connectivity index (χ0v) is 13.4. The second-order valence-corrected chi connectivity index (χ2v) is 5.29. The third-order valence-electron chi connectivity index (χ3n) is 4.02. The Morgan fingerprint density at radius 1 is 0.958 bits per heavy atom. The summed E-state index contributed by atoms with van der Waals surface area (Å²) in [6.45, 7) is 5.07. The number of benzene rings is 1. The Morgan fingerprint density at radius 3 is 1.92 bits per heavy atom. The maximum atomic E-state index is 12.4. The molecule has 2 heterocycles. The van der Waals surface area contributed by atoms with Crippen molar-refractivity contribution in [3.63, 3.8) is 0 Å². The van der Waals surface area contributed by atoms with E-state index >= 15 is 0 Å². The van der Waals surface area contributed by atoms with E-state index in [1.54, 1.807) is 29.2 Å². The fourth-order valence-electron chi connectivity index (χ4n) is 2.68. The van der Waals surface area contributed by atoms with Gasteiger partial charge in [-0.3, -0.25) is 14.4 Å². The van der Waals surface area contributed by atoms with Crippen molar-refractivity contribution < 1.29 is 14.4 Å². The van der Waals surface area contributed by atoms with Gasteiger partial charge in [-0.1, -0.05) is 0 Å². The smallest absolute Gasteiger partial charge is 0.267 e. The molecule has 3 amide bonds. The second kappa shape index (κ2) is 6.19. The van der Waals surface area contributed by atoms with Crippen LogP contribution in [0.1, 0.15) is 44.9 Å². The van der Waals surface area contributed by atoms with Crippen molar-refractivity contribution in [3.05, 3.63) is 53.3 Å². The summed E-state index contributed by atoms with van der Waals surface area (Å²) in [5.41, 5.74) is 1.40. The van der Waals surface area contributed by atoms with Crippen molar-refractivity contribution in [1.82, 2.24) is 15.1 Å². The van der Waals surface area contributed by atoms with Crippen LogP contribution in [0.3, 0.4) is 0 Å². The molecule has 0 saturated heterocycles. The van der Waals surface area contributed by atoms with Gasteiger partial charge in [0.15, 0.2) is 0 Å². The monoisotopic (exact) mass is 324 g/mol. The van der Waals surface area contributed by atoms with Crippen LogP contribution < -0.4 is 4.90 Å². The lowest BCUT2D eigenvalue weighted by molar-refractivity contribution is 0.0772. The van der Waals surface area contributed by atoms with Crippen LogP contribution in [0, 0.1) is 0 Å². The highest BCUT2D eigenvalue weighted by Crippen LogP contribution is 2.27. The van der Waals surface area contributed by atoms with Gasteiger partial charge < -0.3 is 4.90 Å². The van der Waals surface area contributed by atoms with E-state index in [2.05, 4.69) is 10.2 Å². The number of hydrogen-bond acceptors (Lipinski definition) is 5. The molecule has 0 saturated carbocycles. The van der Waals surface area contributed by atoms with Crippen molar-refractivity contribution in [3.8, 4) is 0 Å². The summed E-state index contributed by atoms with van der Waals surface area (Å²) in [6.07, 6.45) is 2.57. The van der Waals surface area contributed by atoms with E-state index in [1.165, 1.54) is 12.4 Å². The molecular formula is C17H16N4O3. The first-order chi connectivity index (χ1) is 11.6. The predicted octanol–water partition coefficient (Wildman–Crippen LogP) is 1.76. The summed E-state index contributed by atoms with van der Waals surface area (Å²) in [5, 5.41) is 7.29. The standard InChI is InChI=1S/C17H16N4O3/c1-3-20(4-2)15(22)11-5-7-12(8-6-11)21-16(23)13-9-18-19-10-14(13)17(21)24/h5-10H,3-4H2,1-2H3. The van der Waals surface area contributed by atoms with Crippen LogP contribution >= 0.6 is 0 Å². The fraction of sp³-hybridized carbons (Fsp3) is 0.235. The molecule has 0 aliphatic carbocycles. The van der Waals surface area contributed by atoms with Gasteiger partial charge in [-0.2, -0.15) is 10.2 Å². The zero-order valence-electron chi connectivity index (χ0n) is 13.4. The first-order valence-electron chi connectivity index (χ1n) is 7.67. The number of imide groups is 1. The van der Waals surface area contributed by atoms with Gasteiger partial charge in [-0.25, -0.2) is 4.90 Å². The number of amides is 3. The van der Waals surface area contributed by atoms with E-state index in [0.29, 0.717) is 24.3 Å². The van der Waals surface area contributed by atoms with Crippen LogP contribution in [0.2, 0.25) is 0 Å². The number of hydrogen-bond donors (Lipinski definition) is 0. The Bertz CT molecular complexity index is 778. The Balaban J connectivity index is 1.89.